The Hall–Kier alpha value is -1.85. The zero-order valence-corrected chi connectivity index (χ0v) is 15.2. The maximum atomic E-state index is 12.3. The number of carbonyl (C=O) groups excluding carboxylic acids is 1. The molecule has 0 spiro atoms. The summed E-state index contributed by atoms with van der Waals surface area (Å²) in [5.74, 6) is 0.429. The molecule has 3 rings (SSSR count). The third-order valence-electron chi connectivity index (χ3n) is 3.92. The van der Waals surface area contributed by atoms with E-state index in [1.54, 1.807) is 11.8 Å². The molecule has 5 heteroatoms. The number of methoxy groups -OCH3 is 1. The highest BCUT2D eigenvalue weighted by molar-refractivity contribution is 8.20. The molecule has 1 aliphatic rings. The van der Waals surface area contributed by atoms with E-state index in [0.29, 0.717) is 4.91 Å². The number of esters is 1. The lowest BCUT2D eigenvalue weighted by molar-refractivity contribution is -0.135. The van der Waals surface area contributed by atoms with Gasteiger partial charge in [-0.25, -0.2) is 4.79 Å². The van der Waals surface area contributed by atoms with Gasteiger partial charge in [-0.15, -0.1) is 11.8 Å². The lowest BCUT2D eigenvalue weighted by Crippen LogP contribution is -2.29. The van der Waals surface area contributed by atoms with Gasteiger partial charge in [-0.1, -0.05) is 72.4 Å². The normalized spacial score (nSPS) is 16.6. The van der Waals surface area contributed by atoms with Gasteiger partial charge in [-0.2, -0.15) is 0 Å². The second-order valence-electron chi connectivity index (χ2n) is 5.29. The van der Waals surface area contributed by atoms with Crippen LogP contribution in [-0.2, 0) is 13.6 Å². The molecule has 0 saturated heterocycles. The van der Waals surface area contributed by atoms with E-state index in [1.165, 1.54) is 18.2 Å². The lowest BCUT2D eigenvalue weighted by atomic mass is 10.0. The zero-order chi connectivity index (χ0) is 17.0. The number of benzene rings is 2. The Morgan fingerprint density at radius 3 is 2.04 bits per heavy atom. The topological polar surface area (TPSA) is 38.3 Å². The molecule has 1 heterocycles. The molecule has 2 aromatic carbocycles. The van der Waals surface area contributed by atoms with Gasteiger partial charge in [0.15, 0.2) is 0 Å². The molecule has 1 aliphatic heterocycles. The number of hydrogen-bond acceptors (Lipinski definition) is 5. The first-order valence-corrected chi connectivity index (χ1v) is 9.44. The summed E-state index contributed by atoms with van der Waals surface area (Å²) in [6.07, 6.45) is 0. The van der Waals surface area contributed by atoms with Crippen LogP contribution in [0.1, 0.15) is 11.1 Å². The Morgan fingerprint density at radius 1 is 1.04 bits per heavy atom. The highest BCUT2D eigenvalue weighted by Crippen LogP contribution is 2.58. The Labute approximate surface area is 150 Å². The van der Waals surface area contributed by atoms with E-state index < -0.39 is 0 Å². The van der Waals surface area contributed by atoms with Gasteiger partial charge in [-0.3, -0.25) is 0 Å². The molecule has 0 saturated carbocycles. The molecule has 0 amide bonds. The number of nitrogens with one attached hydrogen (secondary N) is 1. The average molecular weight is 358 g/mol. The van der Waals surface area contributed by atoms with Crippen molar-refractivity contribution in [2.75, 3.05) is 19.9 Å². The molecule has 0 bridgehead atoms. The van der Waals surface area contributed by atoms with Crippen LogP contribution in [0.5, 0.6) is 0 Å². The van der Waals surface area contributed by atoms with Crippen LogP contribution in [0.2, 0.25) is 0 Å². The van der Waals surface area contributed by atoms with Gasteiger partial charge in [0.1, 0.15) is 8.98 Å². The largest absolute Gasteiger partial charge is 0.465 e. The van der Waals surface area contributed by atoms with Crippen molar-refractivity contribution in [2.45, 2.75) is 4.08 Å². The number of rotatable bonds is 4. The highest BCUT2D eigenvalue weighted by atomic mass is 32.2. The van der Waals surface area contributed by atoms with Crippen molar-refractivity contribution in [1.29, 1.82) is 0 Å². The van der Waals surface area contributed by atoms with Gasteiger partial charge in [0, 0.05) is 18.5 Å². The third-order valence-corrected chi connectivity index (χ3v) is 7.21. The van der Waals surface area contributed by atoms with Gasteiger partial charge in [0.2, 0.25) is 0 Å². The molecule has 124 valence electrons. The molecular formula is C19H19NO2S2. The Bertz CT molecular complexity index is 705. The van der Waals surface area contributed by atoms with Crippen LogP contribution in [0.15, 0.2) is 71.3 Å². The van der Waals surface area contributed by atoms with Gasteiger partial charge >= 0.3 is 5.97 Å². The molecule has 0 radical (unpaired) electrons. The summed E-state index contributed by atoms with van der Waals surface area (Å²) in [6.45, 7) is 0. The fraction of sp³-hybridized carbons (Fsp3) is 0.211. The first kappa shape index (κ1) is 17.0. The van der Waals surface area contributed by atoms with Crippen LogP contribution in [-0.4, -0.2) is 25.9 Å². The molecule has 0 aromatic heterocycles. The Balaban J connectivity index is 2.15. The number of carbonyl (C=O) groups is 1. The molecule has 3 nitrogen and oxygen atoms in total. The van der Waals surface area contributed by atoms with E-state index in [9.17, 15) is 4.79 Å². The van der Waals surface area contributed by atoms with Gasteiger partial charge in [0.25, 0.3) is 0 Å². The van der Waals surface area contributed by atoms with Crippen molar-refractivity contribution >= 4 is 29.5 Å². The standard InChI is InChI=1S/C19H19NO2S2/c1-20-16-13-23-19(14-9-5-3-6-10-14,15-11-7-4-8-12-15)24-17(16)18(21)22-2/h3-12,20H,13H2,1-2H3. The maximum Gasteiger partial charge on any atom is 0.346 e. The summed E-state index contributed by atoms with van der Waals surface area (Å²) in [4.78, 5) is 13.0. The van der Waals surface area contributed by atoms with E-state index in [4.69, 9.17) is 4.74 Å². The van der Waals surface area contributed by atoms with E-state index >= 15 is 0 Å². The second kappa shape index (κ2) is 7.36. The molecule has 0 aliphatic carbocycles. The van der Waals surface area contributed by atoms with Gasteiger partial charge < -0.3 is 10.1 Å². The molecule has 0 atom stereocenters. The summed E-state index contributed by atoms with van der Waals surface area (Å²) in [7, 11) is 3.27. The van der Waals surface area contributed by atoms with Crippen molar-refractivity contribution in [2.24, 2.45) is 0 Å². The minimum absolute atomic E-state index is 0.291. The van der Waals surface area contributed by atoms with Crippen molar-refractivity contribution in [3.8, 4) is 0 Å². The van der Waals surface area contributed by atoms with Crippen LogP contribution in [0.3, 0.4) is 0 Å². The maximum absolute atomic E-state index is 12.3. The SMILES string of the molecule is CNC1=C(C(=O)OC)SC(c2ccccc2)(c2ccccc2)SC1. The van der Waals surface area contributed by atoms with Gasteiger partial charge in [-0.05, 0) is 11.1 Å². The van der Waals surface area contributed by atoms with Crippen molar-refractivity contribution in [3.05, 3.63) is 82.4 Å². The fourth-order valence-corrected chi connectivity index (χ4v) is 5.94. The zero-order valence-electron chi connectivity index (χ0n) is 13.6. The van der Waals surface area contributed by atoms with Crippen molar-refractivity contribution in [3.63, 3.8) is 0 Å². The van der Waals surface area contributed by atoms with Crippen LogP contribution >= 0.6 is 23.5 Å². The summed E-state index contributed by atoms with van der Waals surface area (Å²) in [5.41, 5.74) is 3.25. The highest BCUT2D eigenvalue weighted by Gasteiger charge is 2.42. The number of hydrogen-bond donors (Lipinski definition) is 1. The van der Waals surface area contributed by atoms with E-state index in [1.807, 2.05) is 55.2 Å². The summed E-state index contributed by atoms with van der Waals surface area (Å²) in [5, 5.41) is 3.15. The molecule has 2 aromatic rings. The second-order valence-corrected chi connectivity index (χ2v) is 7.96. The first-order valence-electron chi connectivity index (χ1n) is 7.64. The number of ether oxygens (including phenoxy) is 1. The Morgan fingerprint density at radius 2 is 1.58 bits per heavy atom. The monoisotopic (exact) mass is 357 g/mol. The minimum Gasteiger partial charge on any atom is -0.465 e. The van der Waals surface area contributed by atoms with Crippen LogP contribution in [0, 0.1) is 0 Å². The predicted molar refractivity (Wildman–Crippen MR) is 102 cm³/mol. The molecule has 24 heavy (non-hydrogen) atoms. The Kier molecular flexibility index (Phi) is 5.21. The van der Waals surface area contributed by atoms with Gasteiger partial charge in [0.05, 0.1) is 7.11 Å². The smallest absolute Gasteiger partial charge is 0.346 e. The summed E-state index contributed by atoms with van der Waals surface area (Å²) >= 11 is 3.37. The van der Waals surface area contributed by atoms with E-state index in [2.05, 4.69) is 29.6 Å². The third kappa shape index (κ3) is 3.06. The molecule has 1 N–H and O–H groups in total. The molecule has 0 fully saturated rings. The summed E-state index contributed by atoms with van der Waals surface area (Å²) in [6, 6.07) is 20.6. The van der Waals surface area contributed by atoms with Crippen molar-refractivity contribution < 1.29 is 9.53 Å². The van der Waals surface area contributed by atoms with Crippen molar-refractivity contribution in [1.82, 2.24) is 5.32 Å². The van der Waals surface area contributed by atoms with Crippen LogP contribution < -0.4 is 5.32 Å². The average Bonchev–Trinajstić information content (AvgIpc) is 2.68. The molecular weight excluding hydrogens is 338 g/mol. The number of thioether (sulfide) groups is 2. The van der Waals surface area contributed by atoms with E-state index in [-0.39, 0.29) is 10.0 Å². The first-order chi connectivity index (χ1) is 11.7. The summed E-state index contributed by atoms with van der Waals surface area (Å²) < 4.78 is 4.65. The van der Waals surface area contributed by atoms with E-state index in [0.717, 1.165) is 11.4 Å². The lowest BCUT2D eigenvalue weighted by Gasteiger charge is -2.38. The fourth-order valence-electron chi connectivity index (χ4n) is 2.68. The van der Waals surface area contributed by atoms with Crippen LogP contribution in [0.25, 0.3) is 0 Å². The quantitative estimate of drug-likeness (QED) is 0.838. The predicted octanol–water partition coefficient (Wildman–Crippen LogP) is 3.97. The minimum atomic E-state index is -0.369. The molecule has 0 unspecified atom stereocenters. The van der Waals surface area contributed by atoms with Crippen LogP contribution in [0.4, 0.5) is 0 Å².